The average molecular weight is 344 g/mol. The van der Waals surface area contributed by atoms with Gasteiger partial charge in [-0.3, -0.25) is 4.79 Å². The van der Waals surface area contributed by atoms with Gasteiger partial charge >= 0.3 is 0 Å². The second-order valence-electron chi connectivity index (χ2n) is 5.33. The fraction of sp³-hybridized carbons (Fsp3) is 0.438. The summed E-state index contributed by atoms with van der Waals surface area (Å²) in [6, 6.07) is 6.87. The molecule has 0 heterocycles. The highest BCUT2D eigenvalue weighted by Gasteiger charge is 2.20. The molecule has 1 atom stereocenters. The van der Waals surface area contributed by atoms with Crippen LogP contribution in [-0.2, 0) is 14.6 Å². The Morgan fingerprint density at radius 2 is 2.05 bits per heavy atom. The first-order valence-corrected chi connectivity index (χ1v) is 9.27. The lowest BCUT2D eigenvalue weighted by Crippen LogP contribution is -2.39. The van der Waals surface area contributed by atoms with Crippen LogP contribution < -0.4 is 0 Å². The number of carbonyl (C=O) groups excluding carboxylic acids is 1. The predicted octanol–water partition coefficient (Wildman–Crippen LogP) is 3.02. The number of hydrogen-bond donors (Lipinski definition) is 0. The molecule has 0 bridgehead atoms. The van der Waals surface area contributed by atoms with Crippen LogP contribution in [0.3, 0.4) is 0 Å². The molecule has 1 rings (SSSR count). The molecule has 0 N–H and O–H groups in total. The van der Waals surface area contributed by atoms with Crippen LogP contribution in [0.25, 0.3) is 5.57 Å². The zero-order valence-corrected chi connectivity index (χ0v) is 14.9. The van der Waals surface area contributed by atoms with E-state index in [0.717, 1.165) is 11.1 Å². The third-order valence-corrected chi connectivity index (χ3v) is 5.67. The van der Waals surface area contributed by atoms with Crippen LogP contribution in [0.1, 0.15) is 26.3 Å². The molecule has 0 aliphatic rings. The van der Waals surface area contributed by atoms with Crippen molar-refractivity contribution in [1.82, 2.24) is 4.90 Å². The van der Waals surface area contributed by atoms with Gasteiger partial charge in [-0.1, -0.05) is 30.7 Å². The van der Waals surface area contributed by atoms with Crippen molar-refractivity contribution in [2.24, 2.45) is 0 Å². The van der Waals surface area contributed by atoms with Gasteiger partial charge in [-0.25, -0.2) is 8.42 Å². The Labute approximate surface area is 137 Å². The minimum absolute atomic E-state index is 0.0320. The van der Waals surface area contributed by atoms with Crippen molar-refractivity contribution in [2.75, 3.05) is 18.6 Å². The van der Waals surface area contributed by atoms with E-state index >= 15 is 0 Å². The van der Waals surface area contributed by atoms with Gasteiger partial charge in [-0.2, -0.15) is 0 Å². The maximum atomic E-state index is 12.2. The van der Waals surface area contributed by atoms with Crippen molar-refractivity contribution in [3.8, 4) is 0 Å². The van der Waals surface area contributed by atoms with Crippen molar-refractivity contribution in [3.05, 3.63) is 40.9 Å². The van der Waals surface area contributed by atoms with Crippen LogP contribution in [0.15, 0.2) is 30.3 Å². The van der Waals surface area contributed by atoms with Crippen LogP contribution in [0.4, 0.5) is 0 Å². The summed E-state index contributed by atoms with van der Waals surface area (Å²) in [7, 11) is -1.50. The third-order valence-electron chi connectivity index (χ3n) is 3.56. The zero-order chi connectivity index (χ0) is 16.9. The molecule has 4 nitrogen and oxygen atoms in total. The molecular weight excluding hydrogens is 322 g/mol. The number of likely N-dealkylation sites (N-methyl/N-ethyl adjacent to an activating group) is 1. The van der Waals surface area contributed by atoms with Gasteiger partial charge in [-0.05, 0) is 37.1 Å². The summed E-state index contributed by atoms with van der Waals surface area (Å²) in [4.78, 5) is 13.7. The van der Waals surface area contributed by atoms with E-state index < -0.39 is 9.84 Å². The molecule has 6 heteroatoms. The molecule has 1 aromatic carbocycles. The topological polar surface area (TPSA) is 54.5 Å². The third kappa shape index (κ3) is 5.46. The molecule has 0 spiro atoms. The summed E-state index contributed by atoms with van der Waals surface area (Å²) in [6.07, 6.45) is 1.50. The predicted molar refractivity (Wildman–Crippen MR) is 91.7 cm³/mol. The maximum Gasteiger partial charge on any atom is 0.246 e. The van der Waals surface area contributed by atoms with Crippen LogP contribution in [0.2, 0.25) is 5.02 Å². The van der Waals surface area contributed by atoms with Gasteiger partial charge in [0.2, 0.25) is 5.91 Å². The number of halogens is 1. The molecule has 0 saturated heterocycles. The first-order valence-electron chi connectivity index (χ1n) is 7.07. The number of rotatable bonds is 6. The molecule has 0 fully saturated rings. The summed E-state index contributed by atoms with van der Waals surface area (Å²) >= 11 is 5.94. The van der Waals surface area contributed by atoms with Crippen LogP contribution in [0, 0.1) is 0 Å². The second-order valence-corrected chi connectivity index (χ2v) is 8.17. The smallest absolute Gasteiger partial charge is 0.246 e. The first kappa shape index (κ1) is 18.7. The number of carbonyl (C=O) groups is 1. The van der Waals surface area contributed by atoms with Crippen LogP contribution in [-0.4, -0.2) is 43.8 Å². The second kappa shape index (κ2) is 7.79. The summed E-state index contributed by atoms with van der Waals surface area (Å²) < 4.78 is 23.3. The SMILES string of the molecule is CCS(=O)(=O)CC(C)N(C)C(=O)/C=C(/C)c1cccc(Cl)c1. The van der Waals surface area contributed by atoms with E-state index in [1.54, 1.807) is 33.0 Å². The Kier molecular flexibility index (Phi) is 6.63. The van der Waals surface area contributed by atoms with Gasteiger partial charge in [-0.15, -0.1) is 0 Å². The number of sulfone groups is 1. The van der Waals surface area contributed by atoms with Gasteiger partial charge < -0.3 is 4.90 Å². The number of nitrogens with zero attached hydrogens (tertiary/aromatic N) is 1. The molecular formula is C16H22ClNO3S. The van der Waals surface area contributed by atoms with Gasteiger partial charge in [0, 0.05) is 29.9 Å². The molecule has 122 valence electrons. The van der Waals surface area contributed by atoms with Gasteiger partial charge in [0.15, 0.2) is 9.84 Å². The van der Waals surface area contributed by atoms with Gasteiger partial charge in [0.25, 0.3) is 0 Å². The molecule has 22 heavy (non-hydrogen) atoms. The highest BCUT2D eigenvalue weighted by Crippen LogP contribution is 2.18. The summed E-state index contributed by atoms with van der Waals surface area (Å²) in [5.41, 5.74) is 1.65. The Morgan fingerprint density at radius 1 is 1.41 bits per heavy atom. The largest absolute Gasteiger partial charge is 0.338 e. The fourth-order valence-corrected chi connectivity index (χ4v) is 3.30. The maximum absolute atomic E-state index is 12.2. The first-order chi connectivity index (χ1) is 10.2. The number of allylic oxidation sites excluding steroid dienone is 1. The molecule has 0 aliphatic heterocycles. The van der Waals surface area contributed by atoms with Crippen LogP contribution >= 0.6 is 11.6 Å². The number of hydrogen-bond acceptors (Lipinski definition) is 3. The average Bonchev–Trinajstić information content (AvgIpc) is 2.45. The van der Waals surface area contributed by atoms with E-state index in [9.17, 15) is 13.2 Å². The van der Waals surface area contributed by atoms with E-state index in [1.807, 2.05) is 19.1 Å². The minimum Gasteiger partial charge on any atom is -0.338 e. The van der Waals surface area contributed by atoms with Crippen molar-refractivity contribution in [2.45, 2.75) is 26.8 Å². The lowest BCUT2D eigenvalue weighted by Gasteiger charge is -2.23. The van der Waals surface area contributed by atoms with Crippen molar-refractivity contribution >= 4 is 32.9 Å². The van der Waals surface area contributed by atoms with Gasteiger partial charge in [0.1, 0.15) is 0 Å². The Bertz CT molecular complexity index is 668. The van der Waals surface area contributed by atoms with Crippen molar-refractivity contribution in [1.29, 1.82) is 0 Å². The van der Waals surface area contributed by atoms with Crippen LogP contribution in [0.5, 0.6) is 0 Å². The Hall–Kier alpha value is -1.33. The lowest BCUT2D eigenvalue weighted by molar-refractivity contribution is -0.126. The highest BCUT2D eigenvalue weighted by atomic mass is 35.5. The molecule has 1 amide bonds. The van der Waals surface area contributed by atoms with Crippen molar-refractivity contribution in [3.63, 3.8) is 0 Å². The molecule has 1 unspecified atom stereocenters. The fourth-order valence-electron chi connectivity index (χ4n) is 1.92. The van der Waals surface area contributed by atoms with E-state index in [0.29, 0.717) is 5.02 Å². The molecule has 1 aromatic rings. The van der Waals surface area contributed by atoms with Gasteiger partial charge in [0.05, 0.1) is 5.75 Å². The molecule has 0 aromatic heterocycles. The van der Waals surface area contributed by atoms with E-state index in [1.165, 1.54) is 11.0 Å². The number of amides is 1. The monoisotopic (exact) mass is 343 g/mol. The summed E-state index contributed by atoms with van der Waals surface area (Å²) in [5, 5.41) is 0.605. The normalized spacial score (nSPS) is 13.8. The molecule has 0 saturated carbocycles. The highest BCUT2D eigenvalue weighted by molar-refractivity contribution is 7.91. The van der Waals surface area contributed by atoms with E-state index in [4.69, 9.17) is 11.6 Å². The summed E-state index contributed by atoms with van der Waals surface area (Å²) in [5.74, 6) is -0.178. The minimum atomic E-state index is -3.12. The number of benzene rings is 1. The Morgan fingerprint density at radius 3 is 2.59 bits per heavy atom. The summed E-state index contributed by atoms with van der Waals surface area (Å²) in [6.45, 7) is 5.16. The lowest BCUT2D eigenvalue weighted by atomic mass is 10.1. The van der Waals surface area contributed by atoms with Crippen molar-refractivity contribution < 1.29 is 13.2 Å². The van der Waals surface area contributed by atoms with E-state index in [2.05, 4.69) is 0 Å². The molecule has 0 radical (unpaired) electrons. The van der Waals surface area contributed by atoms with E-state index in [-0.39, 0.29) is 23.5 Å². The molecule has 0 aliphatic carbocycles. The zero-order valence-electron chi connectivity index (χ0n) is 13.3. The Balaban J connectivity index is 2.84. The quantitative estimate of drug-likeness (QED) is 0.746. The standard InChI is InChI=1S/C16H22ClNO3S/c1-5-22(20,21)11-13(3)18(4)16(19)9-12(2)14-7-6-8-15(17)10-14/h6-10,13H,5,11H2,1-4H3/b12-9-.